The number of anilines is 2. The molecule has 3 unspecified atom stereocenters. The van der Waals surface area contributed by atoms with Crippen LogP contribution in [0.1, 0.15) is 55.3 Å². The minimum absolute atomic E-state index is 0.0635. The lowest BCUT2D eigenvalue weighted by Gasteiger charge is -2.33. The summed E-state index contributed by atoms with van der Waals surface area (Å²) in [4.78, 5) is 40.5. The third kappa shape index (κ3) is 4.87. The van der Waals surface area contributed by atoms with Gasteiger partial charge >= 0.3 is 6.03 Å². The van der Waals surface area contributed by atoms with Crippen LogP contribution in [-0.4, -0.2) is 40.9 Å². The monoisotopic (exact) mass is 446 g/mol. The number of carbonyl (C=O) groups is 3. The third-order valence-corrected chi connectivity index (χ3v) is 6.97. The third-order valence-electron chi connectivity index (χ3n) is 6.97. The second-order valence-electron chi connectivity index (χ2n) is 9.38. The summed E-state index contributed by atoms with van der Waals surface area (Å²) < 4.78 is 0. The van der Waals surface area contributed by atoms with Gasteiger partial charge in [0.15, 0.2) is 0 Å². The van der Waals surface area contributed by atoms with Gasteiger partial charge in [0.05, 0.1) is 0 Å². The van der Waals surface area contributed by atoms with Gasteiger partial charge in [0, 0.05) is 29.0 Å². The Balaban J connectivity index is 1.27. The number of nitrogens with zero attached hydrogens (tertiary/aromatic N) is 1. The molecule has 1 saturated heterocycles. The zero-order valence-electron chi connectivity index (χ0n) is 18.6. The second-order valence-corrected chi connectivity index (χ2v) is 9.38. The van der Waals surface area contributed by atoms with E-state index in [-0.39, 0.29) is 23.9 Å². The van der Waals surface area contributed by atoms with Crippen molar-refractivity contribution in [1.82, 2.24) is 10.2 Å². The number of carbonyl (C=O) groups excluding carboxylic acids is 3. The molecule has 2 aromatic rings. The Labute approximate surface area is 193 Å². The Hall–Kier alpha value is -3.35. The number of fused-ring (bicyclic) bond motifs is 1. The number of amides is 4. The van der Waals surface area contributed by atoms with Crippen LogP contribution in [-0.2, 0) is 4.79 Å². The molecule has 2 saturated carbocycles. The van der Waals surface area contributed by atoms with Gasteiger partial charge in [0.1, 0.15) is 6.04 Å². The van der Waals surface area contributed by atoms with E-state index in [9.17, 15) is 14.4 Å². The molecule has 172 valence electrons. The fourth-order valence-corrected chi connectivity index (χ4v) is 5.16. The van der Waals surface area contributed by atoms with E-state index in [4.69, 9.17) is 0 Å². The van der Waals surface area contributed by atoms with Crippen LogP contribution in [0.2, 0.25) is 0 Å². The van der Waals surface area contributed by atoms with Gasteiger partial charge in [-0.1, -0.05) is 31.0 Å². The maximum atomic E-state index is 13.4. The van der Waals surface area contributed by atoms with Crippen LogP contribution >= 0.6 is 0 Å². The highest BCUT2D eigenvalue weighted by Gasteiger charge is 2.47. The molecule has 3 atom stereocenters. The highest BCUT2D eigenvalue weighted by molar-refractivity contribution is 6.02. The van der Waals surface area contributed by atoms with Crippen LogP contribution in [0.3, 0.4) is 0 Å². The van der Waals surface area contributed by atoms with Gasteiger partial charge in [-0.05, 0) is 74.4 Å². The first-order valence-corrected chi connectivity index (χ1v) is 11.9. The summed E-state index contributed by atoms with van der Waals surface area (Å²) in [5.74, 6) is 0.158. The van der Waals surface area contributed by atoms with Crippen LogP contribution in [0, 0.1) is 5.92 Å². The fraction of sp³-hybridized carbons (Fsp3) is 0.423. The van der Waals surface area contributed by atoms with Gasteiger partial charge in [-0.25, -0.2) is 4.79 Å². The molecule has 0 bridgehead atoms. The van der Waals surface area contributed by atoms with E-state index in [1.165, 1.54) is 0 Å². The molecular weight excluding hydrogens is 416 g/mol. The quantitative estimate of drug-likeness (QED) is 0.637. The van der Waals surface area contributed by atoms with Crippen molar-refractivity contribution >= 4 is 29.2 Å². The highest BCUT2D eigenvalue weighted by atomic mass is 16.2. The Morgan fingerprint density at radius 2 is 1.45 bits per heavy atom. The topological polar surface area (TPSA) is 90.5 Å². The molecule has 7 heteroatoms. The molecule has 0 aromatic heterocycles. The van der Waals surface area contributed by atoms with Crippen molar-refractivity contribution in [2.24, 2.45) is 5.92 Å². The molecule has 1 aliphatic heterocycles. The predicted octanol–water partition coefficient (Wildman–Crippen LogP) is 4.38. The summed E-state index contributed by atoms with van der Waals surface area (Å²) in [7, 11) is 0. The molecule has 0 radical (unpaired) electrons. The lowest BCUT2D eigenvalue weighted by atomic mass is 9.84. The van der Waals surface area contributed by atoms with Gasteiger partial charge in [0.25, 0.3) is 5.91 Å². The zero-order valence-corrected chi connectivity index (χ0v) is 18.6. The summed E-state index contributed by atoms with van der Waals surface area (Å²) in [5.41, 5.74) is 1.94. The van der Waals surface area contributed by atoms with Gasteiger partial charge in [-0.3, -0.25) is 9.59 Å². The maximum Gasteiger partial charge on any atom is 0.319 e. The van der Waals surface area contributed by atoms with Crippen molar-refractivity contribution in [3.05, 3.63) is 60.2 Å². The molecule has 7 nitrogen and oxygen atoms in total. The average molecular weight is 447 g/mol. The molecule has 5 rings (SSSR count). The molecule has 2 aromatic carbocycles. The van der Waals surface area contributed by atoms with Crippen LogP contribution in [0.4, 0.5) is 16.2 Å². The van der Waals surface area contributed by atoms with E-state index in [0.29, 0.717) is 35.3 Å². The predicted molar refractivity (Wildman–Crippen MR) is 127 cm³/mol. The summed E-state index contributed by atoms with van der Waals surface area (Å²) >= 11 is 0. The minimum atomic E-state index is -0.479. The number of urea groups is 1. The molecular formula is C26H30N4O3. The van der Waals surface area contributed by atoms with Crippen LogP contribution in [0.15, 0.2) is 54.6 Å². The molecule has 3 fully saturated rings. The largest absolute Gasteiger partial charge is 0.335 e. The van der Waals surface area contributed by atoms with E-state index in [2.05, 4.69) is 16.0 Å². The number of hydrogen-bond acceptors (Lipinski definition) is 3. The van der Waals surface area contributed by atoms with Gasteiger partial charge in [-0.2, -0.15) is 0 Å². The number of rotatable bonds is 5. The molecule has 3 N–H and O–H groups in total. The second kappa shape index (κ2) is 9.25. The number of benzene rings is 2. The Morgan fingerprint density at radius 3 is 2.15 bits per heavy atom. The van der Waals surface area contributed by atoms with Crippen molar-refractivity contribution in [2.45, 2.75) is 63.1 Å². The fourth-order valence-electron chi connectivity index (χ4n) is 5.16. The van der Waals surface area contributed by atoms with E-state index in [1.807, 2.05) is 35.2 Å². The number of hydrogen-bond donors (Lipinski definition) is 3. The summed E-state index contributed by atoms with van der Waals surface area (Å²) in [5, 5.41) is 8.68. The Morgan fingerprint density at radius 1 is 0.788 bits per heavy atom. The van der Waals surface area contributed by atoms with Crippen LogP contribution in [0.25, 0.3) is 0 Å². The molecule has 2 aliphatic carbocycles. The number of likely N-dealkylation sites (tertiary alicyclic amines) is 1. The number of nitrogens with one attached hydrogen (secondary N) is 3. The van der Waals surface area contributed by atoms with Gasteiger partial charge < -0.3 is 20.9 Å². The van der Waals surface area contributed by atoms with Crippen molar-refractivity contribution in [3.8, 4) is 0 Å². The summed E-state index contributed by atoms with van der Waals surface area (Å²) in [6, 6.07) is 16.1. The average Bonchev–Trinajstić information content (AvgIpc) is 3.56. The van der Waals surface area contributed by atoms with Gasteiger partial charge in [0.2, 0.25) is 5.91 Å². The van der Waals surface area contributed by atoms with Gasteiger partial charge in [-0.15, -0.1) is 0 Å². The highest BCUT2D eigenvalue weighted by Crippen LogP contribution is 2.40. The normalized spacial score (nSPS) is 24.0. The molecule has 0 spiro atoms. The first-order valence-electron chi connectivity index (χ1n) is 11.9. The zero-order chi connectivity index (χ0) is 22.8. The summed E-state index contributed by atoms with van der Waals surface area (Å²) in [6.07, 6.45) is 7.04. The SMILES string of the molecule is O=C(Nc1ccc(NC(=O)C2CC3CCCCC3N2C(=O)c2ccccc2)cc1)NC1CC1. The lowest BCUT2D eigenvalue weighted by Crippen LogP contribution is -2.47. The van der Waals surface area contributed by atoms with Crippen molar-refractivity contribution in [3.63, 3.8) is 0 Å². The standard InChI is InChI=1S/C26H30N4O3/c31-24(27-19-10-12-20(13-11-19)28-26(33)29-21-14-15-21)23-16-18-8-4-5-9-22(18)30(23)25(32)17-6-2-1-3-7-17/h1-3,6-7,10-13,18,21-23H,4-5,8-9,14-16H2,(H,27,31)(H2,28,29,33). The molecule has 3 aliphatic rings. The van der Waals surface area contributed by atoms with E-state index < -0.39 is 6.04 Å². The summed E-state index contributed by atoms with van der Waals surface area (Å²) in [6.45, 7) is 0. The molecule has 33 heavy (non-hydrogen) atoms. The van der Waals surface area contributed by atoms with Crippen molar-refractivity contribution in [1.29, 1.82) is 0 Å². The Kier molecular flexibility index (Phi) is 6.03. The molecule has 4 amide bonds. The van der Waals surface area contributed by atoms with Crippen LogP contribution < -0.4 is 16.0 Å². The van der Waals surface area contributed by atoms with Crippen LogP contribution in [0.5, 0.6) is 0 Å². The van der Waals surface area contributed by atoms with Crippen molar-refractivity contribution in [2.75, 3.05) is 10.6 Å². The van der Waals surface area contributed by atoms with E-state index in [0.717, 1.165) is 38.5 Å². The lowest BCUT2D eigenvalue weighted by molar-refractivity contribution is -0.120. The first kappa shape index (κ1) is 21.5. The van der Waals surface area contributed by atoms with Crippen molar-refractivity contribution < 1.29 is 14.4 Å². The Bertz CT molecular complexity index is 1020. The molecule has 1 heterocycles. The minimum Gasteiger partial charge on any atom is -0.335 e. The van der Waals surface area contributed by atoms with E-state index in [1.54, 1.807) is 24.3 Å². The van der Waals surface area contributed by atoms with E-state index >= 15 is 0 Å². The first-order chi connectivity index (χ1) is 16.1. The maximum absolute atomic E-state index is 13.4. The smallest absolute Gasteiger partial charge is 0.319 e.